The highest BCUT2D eigenvalue weighted by atomic mass is 16.5. The number of phenolic OH excluding ortho intramolecular Hbond substituents is 2. The summed E-state index contributed by atoms with van der Waals surface area (Å²) in [6.45, 7) is 1.28. The van der Waals surface area contributed by atoms with Gasteiger partial charge >= 0.3 is 5.97 Å². The molecule has 4 nitrogen and oxygen atoms in total. The second-order valence-corrected chi connectivity index (χ2v) is 3.76. The van der Waals surface area contributed by atoms with Crippen LogP contribution in [0.3, 0.4) is 0 Å². The highest BCUT2D eigenvalue weighted by Crippen LogP contribution is 2.41. The predicted octanol–water partition coefficient (Wildman–Crippen LogP) is 2.69. The number of carbonyl (C=O) groups is 1. The van der Waals surface area contributed by atoms with Crippen LogP contribution in [0.1, 0.15) is 6.92 Å². The minimum absolute atomic E-state index is 0.00685. The van der Waals surface area contributed by atoms with Gasteiger partial charge in [0, 0.05) is 12.5 Å². The fourth-order valence-corrected chi connectivity index (χ4v) is 1.72. The number of carbonyl (C=O) groups excluding carboxylic acids is 1. The molecule has 0 fully saturated rings. The van der Waals surface area contributed by atoms with Crippen molar-refractivity contribution < 1.29 is 19.7 Å². The van der Waals surface area contributed by atoms with Crippen molar-refractivity contribution in [3.8, 4) is 28.4 Å². The van der Waals surface area contributed by atoms with E-state index in [1.54, 1.807) is 30.3 Å². The lowest BCUT2D eigenvalue weighted by molar-refractivity contribution is -0.131. The number of para-hydroxylation sites is 1. The maximum absolute atomic E-state index is 11.0. The van der Waals surface area contributed by atoms with Gasteiger partial charge in [-0.1, -0.05) is 24.3 Å². The van der Waals surface area contributed by atoms with Gasteiger partial charge in [0.25, 0.3) is 0 Å². The van der Waals surface area contributed by atoms with Crippen molar-refractivity contribution >= 4 is 5.97 Å². The normalized spacial score (nSPS) is 10.1. The van der Waals surface area contributed by atoms with E-state index in [-0.39, 0.29) is 17.2 Å². The molecule has 0 aromatic heterocycles. The molecule has 0 bridgehead atoms. The van der Waals surface area contributed by atoms with Crippen molar-refractivity contribution in [2.75, 3.05) is 0 Å². The van der Waals surface area contributed by atoms with E-state index in [1.165, 1.54) is 19.1 Å². The summed E-state index contributed by atoms with van der Waals surface area (Å²) in [6, 6.07) is 11.1. The monoisotopic (exact) mass is 244 g/mol. The zero-order valence-electron chi connectivity index (χ0n) is 9.75. The summed E-state index contributed by atoms with van der Waals surface area (Å²) in [6.07, 6.45) is 0. The molecule has 18 heavy (non-hydrogen) atoms. The fourth-order valence-electron chi connectivity index (χ4n) is 1.72. The summed E-state index contributed by atoms with van der Waals surface area (Å²) >= 11 is 0. The summed E-state index contributed by atoms with van der Waals surface area (Å²) < 4.78 is 5.03. The Morgan fingerprint density at radius 1 is 1.00 bits per heavy atom. The largest absolute Gasteiger partial charge is 0.507 e. The first kappa shape index (κ1) is 12.0. The van der Waals surface area contributed by atoms with Crippen LogP contribution < -0.4 is 4.74 Å². The Morgan fingerprint density at radius 3 is 2.33 bits per heavy atom. The van der Waals surface area contributed by atoms with Crippen LogP contribution in [0.25, 0.3) is 11.1 Å². The highest BCUT2D eigenvalue weighted by Gasteiger charge is 2.15. The molecule has 0 amide bonds. The van der Waals surface area contributed by atoms with Crippen LogP contribution in [0.4, 0.5) is 0 Å². The third kappa shape index (κ3) is 2.27. The molecule has 0 aliphatic rings. The molecule has 2 rings (SSSR count). The van der Waals surface area contributed by atoms with Gasteiger partial charge in [-0.25, -0.2) is 0 Å². The topological polar surface area (TPSA) is 66.8 Å². The lowest BCUT2D eigenvalue weighted by Gasteiger charge is -2.11. The third-order valence-electron chi connectivity index (χ3n) is 2.43. The van der Waals surface area contributed by atoms with Crippen LogP contribution in [0.5, 0.6) is 17.2 Å². The molecule has 0 heterocycles. The quantitative estimate of drug-likeness (QED) is 0.629. The molecule has 92 valence electrons. The number of phenols is 2. The molecule has 0 radical (unpaired) electrons. The number of hydrogen-bond acceptors (Lipinski definition) is 4. The molecule has 0 unspecified atom stereocenters. The van der Waals surface area contributed by atoms with Crippen molar-refractivity contribution in [3.63, 3.8) is 0 Å². The smallest absolute Gasteiger partial charge is 0.308 e. The van der Waals surface area contributed by atoms with E-state index < -0.39 is 5.97 Å². The zero-order valence-corrected chi connectivity index (χ0v) is 9.75. The van der Waals surface area contributed by atoms with Crippen LogP contribution in [0.2, 0.25) is 0 Å². The van der Waals surface area contributed by atoms with Crippen LogP contribution in [-0.4, -0.2) is 16.2 Å². The average molecular weight is 244 g/mol. The summed E-state index contributed by atoms with van der Waals surface area (Å²) in [4.78, 5) is 11.0. The van der Waals surface area contributed by atoms with Crippen molar-refractivity contribution in [2.24, 2.45) is 0 Å². The second kappa shape index (κ2) is 4.79. The molecular formula is C14H12O4. The van der Waals surface area contributed by atoms with Gasteiger partial charge in [0.05, 0.1) is 5.56 Å². The Balaban J connectivity index is 2.62. The van der Waals surface area contributed by atoms with E-state index >= 15 is 0 Å². The number of benzene rings is 2. The second-order valence-electron chi connectivity index (χ2n) is 3.76. The molecule has 0 aliphatic carbocycles. The number of esters is 1. The molecule has 2 N–H and O–H groups in total. The van der Waals surface area contributed by atoms with Crippen LogP contribution >= 0.6 is 0 Å². The Hall–Kier alpha value is -2.49. The minimum atomic E-state index is -0.489. The molecule has 0 aliphatic heterocycles. The van der Waals surface area contributed by atoms with Crippen LogP contribution in [-0.2, 0) is 4.79 Å². The first-order valence-electron chi connectivity index (χ1n) is 5.38. The van der Waals surface area contributed by atoms with E-state index in [4.69, 9.17) is 4.74 Å². The van der Waals surface area contributed by atoms with Gasteiger partial charge in [-0.15, -0.1) is 0 Å². The Labute approximate surface area is 104 Å². The maximum atomic E-state index is 11.0. The van der Waals surface area contributed by atoms with Crippen molar-refractivity contribution in [1.82, 2.24) is 0 Å². The Bertz CT molecular complexity index is 590. The Kier molecular flexibility index (Phi) is 3.19. The van der Waals surface area contributed by atoms with E-state index in [1.807, 2.05) is 0 Å². The molecule has 4 heteroatoms. The van der Waals surface area contributed by atoms with E-state index in [0.29, 0.717) is 11.1 Å². The van der Waals surface area contributed by atoms with Crippen LogP contribution in [0.15, 0.2) is 42.5 Å². The summed E-state index contributed by atoms with van der Waals surface area (Å²) in [5, 5.41) is 19.7. The van der Waals surface area contributed by atoms with E-state index in [2.05, 4.69) is 0 Å². The number of aromatic hydroxyl groups is 2. The van der Waals surface area contributed by atoms with Gasteiger partial charge in [-0.05, 0) is 18.2 Å². The molecule has 2 aromatic rings. The first-order chi connectivity index (χ1) is 8.59. The number of hydrogen-bond donors (Lipinski definition) is 2. The number of rotatable bonds is 2. The molecule has 2 aromatic carbocycles. The standard InChI is InChI=1S/C14H12O4/c1-9(15)18-13-8-4-7-12(17)14(13)10-5-2-3-6-11(10)16/h2-8,16-17H,1H3. The molecular weight excluding hydrogens is 232 g/mol. The van der Waals surface area contributed by atoms with Gasteiger partial charge in [0.15, 0.2) is 0 Å². The summed E-state index contributed by atoms with van der Waals surface area (Å²) in [7, 11) is 0. The SMILES string of the molecule is CC(=O)Oc1cccc(O)c1-c1ccccc1O. The van der Waals surface area contributed by atoms with Gasteiger partial charge < -0.3 is 14.9 Å². The van der Waals surface area contributed by atoms with Gasteiger partial charge in [0.2, 0.25) is 0 Å². The van der Waals surface area contributed by atoms with Crippen LogP contribution in [0, 0.1) is 0 Å². The average Bonchev–Trinajstić information content (AvgIpc) is 2.30. The Morgan fingerprint density at radius 2 is 1.67 bits per heavy atom. The third-order valence-corrected chi connectivity index (χ3v) is 2.43. The lowest BCUT2D eigenvalue weighted by Crippen LogP contribution is -2.02. The molecule has 0 saturated heterocycles. The summed E-state index contributed by atoms with van der Waals surface area (Å²) in [5.74, 6) is -0.330. The predicted molar refractivity (Wildman–Crippen MR) is 66.5 cm³/mol. The van der Waals surface area contributed by atoms with E-state index in [9.17, 15) is 15.0 Å². The maximum Gasteiger partial charge on any atom is 0.308 e. The summed E-state index contributed by atoms with van der Waals surface area (Å²) in [5.41, 5.74) is 0.706. The lowest BCUT2D eigenvalue weighted by atomic mass is 10.0. The highest BCUT2D eigenvalue weighted by molar-refractivity contribution is 5.83. The van der Waals surface area contributed by atoms with Gasteiger partial charge in [-0.2, -0.15) is 0 Å². The zero-order chi connectivity index (χ0) is 13.1. The van der Waals surface area contributed by atoms with Crippen molar-refractivity contribution in [2.45, 2.75) is 6.92 Å². The molecule has 0 saturated carbocycles. The van der Waals surface area contributed by atoms with Gasteiger partial charge in [-0.3, -0.25) is 4.79 Å². The van der Waals surface area contributed by atoms with Crippen molar-refractivity contribution in [1.29, 1.82) is 0 Å². The fraction of sp³-hybridized carbons (Fsp3) is 0.0714. The molecule has 0 spiro atoms. The first-order valence-corrected chi connectivity index (χ1v) is 5.38. The van der Waals surface area contributed by atoms with Gasteiger partial charge in [0.1, 0.15) is 17.2 Å². The number of ether oxygens (including phenoxy) is 1. The van der Waals surface area contributed by atoms with Crippen molar-refractivity contribution in [3.05, 3.63) is 42.5 Å². The molecule has 0 atom stereocenters. The van der Waals surface area contributed by atoms with E-state index in [0.717, 1.165) is 0 Å². The minimum Gasteiger partial charge on any atom is -0.507 e.